The van der Waals surface area contributed by atoms with Crippen LogP contribution in [-0.4, -0.2) is 12.9 Å². The van der Waals surface area contributed by atoms with Gasteiger partial charge in [-0.05, 0) is 43.3 Å². The number of carbonyl (C=O) groups is 1. The van der Waals surface area contributed by atoms with Crippen molar-refractivity contribution in [2.45, 2.75) is 11.8 Å². The number of hydrogen-bond donors (Lipinski definition) is 1. The number of ketones is 1. The van der Waals surface area contributed by atoms with Crippen molar-refractivity contribution < 1.29 is 9.53 Å². The number of benzene rings is 2. The number of Topliss-reactive ketones (excluding diaryl/α,β-unsaturated/α-hetero) is 1. The van der Waals surface area contributed by atoms with Gasteiger partial charge >= 0.3 is 0 Å². The minimum absolute atomic E-state index is 0.0422. The predicted octanol–water partition coefficient (Wildman–Crippen LogP) is 5.63. The fourth-order valence-corrected chi connectivity index (χ4v) is 3.71. The molecular weight excluding hydrogens is 353 g/mol. The molecule has 1 aliphatic rings. The van der Waals surface area contributed by atoms with Gasteiger partial charge < -0.3 is 10.1 Å². The zero-order valence-electron chi connectivity index (χ0n) is 12.4. The summed E-state index contributed by atoms with van der Waals surface area (Å²) in [6.45, 7) is 1.85. The molecule has 0 radical (unpaired) electrons. The first-order chi connectivity index (χ1) is 11.0. The summed E-state index contributed by atoms with van der Waals surface area (Å²) < 4.78 is 5.12. The molecule has 0 saturated heterocycles. The minimum Gasteiger partial charge on any atom is -0.497 e. The largest absolute Gasteiger partial charge is 0.497 e. The van der Waals surface area contributed by atoms with Crippen molar-refractivity contribution in [3.8, 4) is 5.75 Å². The standard InChI is InChI=1S/C17H13Cl2NO2S/c1-9-17(16(21)10-3-5-11(22-2)6-4-10)23-13-8-7-12(18)14(19)15(13)20-9/h3-8,20H,1-2H3. The Bertz CT molecular complexity index is 816. The summed E-state index contributed by atoms with van der Waals surface area (Å²) in [7, 11) is 1.59. The summed E-state index contributed by atoms with van der Waals surface area (Å²) in [6.07, 6.45) is 0. The van der Waals surface area contributed by atoms with Gasteiger partial charge in [0, 0.05) is 16.2 Å². The summed E-state index contributed by atoms with van der Waals surface area (Å²) in [5.74, 6) is 0.674. The van der Waals surface area contributed by atoms with E-state index in [1.807, 2.05) is 13.0 Å². The number of rotatable bonds is 3. The van der Waals surface area contributed by atoms with E-state index in [2.05, 4.69) is 5.32 Å². The highest BCUT2D eigenvalue weighted by atomic mass is 35.5. The number of anilines is 1. The second-order valence-corrected chi connectivity index (χ2v) is 6.81. The van der Waals surface area contributed by atoms with Crippen LogP contribution in [0.1, 0.15) is 17.3 Å². The van der Waals surface area contributed by atoms with Crippen molar-refractivity contribution in [1.82, 2.24) is 0 Å². The molecule has 1 N–H and O–H groups in total. The molecule has 6 heteroatoms. The van der Waals surface area contributed by atoms with Crippen LogP contribution in [0, 0.1) is 0 Å². The molecular formula is C17H13Cl2NO2S. The summed E-state index contributed by atoms with van der Waals surface area (Å²) in [5, 5.41) is 4.14. The molecule has 2 aromatic carbocycles. The molecule has 0 spiro atoms. The smallest absolute Gasteiger partial charge is 0.201 e. The van der Waals surface area contributed by atoms with Gasteiger partial charge in [-0.2, -0.15) is 0 Å². The van der Waals surface area contributed by atoms with Crippen LogP contribution >= 0.6 is 35.0 Å². The van der Waals surface area contributed by atoms with E-state index >= 15 is 0 Å². The zero-order chi connectivity index (χ0) is 16.6. The van der Waals surface area contributed by atoms with Gasteiger partial charge in [-0.15, -0.1) is 0 Å². The first kappa shape index (κ1) is 16.2. The van der Waals surface area contributed by atoms with Gasteiger partial charge in [0.15, 0.2) is 0 Å². The van der Waals surface area contributed by atoms with E-state index in [-0.39, 0.29) is 5.78 Å². The third-order valence-electron chi connectivity index (χ3n) is 3.48. The third-order valence-corrected chi connectivity index (χ3v) is 5.54. The second-order valence-electron chi connectivity index (χ2n) is 4.97. The molecule has 1 aliphatic heterocycles. The number of nitrogens with one attached hydrogen (secondary N) is 1. The van der Waals surface area contributed by atoms with Gasteiger partial charge in [0.1, 0.15) is 5.75 Å². The van der Waals surface area contributed by atoms with Gasteiger partial charge in [-0.25, -0.2) is 0 Å². The van der Waals surface area contributed by atoms with Crippen LogP contribution in [0.5, 0.6) is 5.75 Å². The van der Waals surface area contributed by atoms with Crippen LogP contribution in [0.25, 0.3) is 0 Å². The Labute approximate surface area is 148 Å². The van der Waals surface area contributed by atoms with Gasteiger partial charge in [0.25, 0.3) is 0 Å². The topological polar surface area (TPSA) is 38.3 Å². The number of allylic oxidation sites excluding steroid dienone is 2. The van der Waals surface area contributed by atoms with Crippen LogP contribution in [-0.2, 0) is 0 Å². The lowest BCUT2D eigenvalue weighted by molar-refractivity contribution is 0.104. The minimum atomic E-state index is -0.0422. The highest BCUT2D eigenvalue weighted by Crippen LogP contribution is 2.46. The maximum Gasteiger partial charge on any atom is 0.201 e. The second kappa shape index (κ2) is 6.48. The maximum atomic E-state index is 12.8. The predicted molar refractivity (Wildman–Crippen MR) is 96.0 cm³/mol. The van der Waals surface area contributed by atoms with Crippen molar-refractivity contribution >= 4 is 46.4 Å². The van der Waals surface area contributed by atoms with Gasteiger partial charge in [-0.1, -0.05) is 35.0 Å². The van der Waals surface area contributed by atoms with Crippen molar-refractivity contribution in [3.63, 3.8) is 0 Å². The lowest BCUT2D eigenvalue weighted by atomic mass is 10.1. The summed E-state index contributed by atoms with van der Waals surface area (Å²) >= 11 is 13.7. The number of fused-ring (bicyclic) bond motifs is 1. The fraction of sp³-hybridized carbons (Fsp3) is 0.118. The maximum absolute atomic E-state index is 12.8. The summed E-state index contributed by atoms with van der Waals surface area (Å²) in [5.41, 5.74) is 2.11. The highest BCUT2D eigenvalue weighted by molar-refractivity contribution is 8.04. The van der Waals surface area contributed by atoms with E-state index in [0.717, 1.165) is 16.3 Å². The molecule has 0 aromatic heterocycles. The number of hydrogen-bond acceptors (Lipinski definition) is 4. The Morgan fingerprint density at radius 1 is 1.13 bits per heavy atom. The van der Waals surface area contributed by atoms with Crippen molar-refractivity contribution in [3.05, 3.63) is 62.6 Å². The summed E-state index contributed by atoms with van der Waals surface area (Å²) in [4.78, 5) is 14.3. The molecule has 3 nitrogen and oxygen atoms in total. The lowest BCUT2D eigenvalue weighted by Gasteiger charge is -2.23. The molecule has 2 aromatic rings. The van der Waals surface area contributed by atoms with Crippen LogP contribution in [0.3, 0.4) is 0 Å². The summed E-state index contributed by atoms with van der Waals surface area (Å²) in [6, 6.07) is 10.6. The third kappa shape index (κ3) is 3.07. The van der Waals surface area contributed by atoms with E-state index < -0.39 is 0 Å². The Morgan fingerprint density at radius 3 is 2.48 bits per heavy atom. The Balaban J connectivity index is 1.94. The molecule has 0 amide bonds. The van der Waals surface area contributed by atoms with E-state index in [4.69, 9.17) is 27.9 Å². The Kier molecular flexibility index (Phi) is 4.57. The Morgan fingerprint density at radius 2 is 1.83 bits per heavy atom. The molecule has 0 atom stereocenters. The van der Waals surface area contributed by atoms with Crippen molar-refractivity contribution in [2.75, 3.05) is 12.4 Å². The number of ether oxygens (including phenoxy) is 1. The number of thioether (sulfide) groups is 1. The van der Waals surface area contributed by atoms with E-state index in [1.165, 1.54) is 11.8 Å². The van der Waals surface area contributed by atoms with Crippen LogP contribution in [0.2, 0.25) is 10.0 Å². The molecule has 1 heterocycles. The van der Waals surface area contributed by atoms with Crippen LogP contribution in [0.4, 0.5) is 5.69 Å². The normalized spacial score (nSPS) is 13.4. The lowest BCUT2D eigenvalue weighted by Crippen LogP contribution is -2.12. The molecule has 0 bridgehead atoms. The number of methoxy groups -OCH3 is 1. The molecule has 23 heavy (non-hydrogen) atoms. The zero-order valence-corrected chi connectivity index (χ0v) is 14.8. The Hall–Kier alpha value is -1.62. The van der Waals surface area contributed by atoms with E-state index in [1.54, 1.807) is 37.4 Å². The van der Waals surface area contributed by atoms with Crippen molar-refractivity contribution in [1.29, 1.82) is 0 Å². The first-order valence-electron chi connectivity index (χ1n) is 6.83. The first-order valence-corrected chi connectivity index (χ1v) is 8.41. The molecule has 0 aliphatic carbocycles. The monoisotopic (exact) mass is 365 g/mol. The van der Waals surface area contributed by atoms with Crippen LogP contribution in [0.15, 0.2) is 51.9 Å². The average molecular weight is 366 g/mol. The van der Waals surface area contributed by atoms with Crippen molar-refractivity contribution in [2.24, 2.45) is 0 Å². The van der Waals surface area contributed by atoms with Gasteiger partial charge in [-0.3, -0.25) is 4.79 Å². The molecule has 118 valence electrons. The molecule has 0 saturated carbocycles. The molecule has 0 fully saturated rings. The quantitative estimate of drug-likeness (QED) is 0.714. The average Bonchev–Trinajstić information content (AvgIpc) is 2.58. The van der Waals surface area contributed by atoms with Crippen LogP contribution < -0.4 is 10.1 Å². The molecule has 0 unspecified atom stereocenters. The van der Waals surface area contributed by atoms with Gasteiger partial charge in [0.05, 0.1) is 27.7 Å². The van der Waals surface area contributed by atoms with E-state index in [9.17, 15) is 4.79 Å². The number of carbonyl (C=O) groups excluding carboxylic acids is 1. The van der Waals surface area contributed by atoms with Gasteiger partial charge in [0.2, 0.25) is 5.78 Å². The molecule has 3 rings (SSSR count). The SMILES string of the molecule is COc1ccc(C(=O)C2=C(C)Nc3c(ccc(Cl)c3Cl)S2)cc1. The number of halogens is 2. The van der Waals surface area contributed by atoms with E-state index in [0.29, 0.717) is 26.3 Å². The fourth-order valence-electron chi connectivity index (χ4n) is 2.26. The highest BCUT2D eigenvalue weighted by Gasteiger charge is 2.24.